The summed E-state index contributed by atoms with van der Waals surface area (Å²) >= 11 is 0. The van der Waals surface area contributed by atoms with Crippen LogP contribution >= 0.6 is 0 Å². The summed E-state index contributed by atoms with van der Waals surface area (Å²) in [6.07, 6.45) is 5.83. The zero-order valence-electron chi connectivity index (χ0n) is 22.4. The van der Waals surface area contributed by atoms with Crippen molar-refractivity contribution in [2.75, 3.05) is 10.6 Å². The van der Waals surface area contributed by atoms with Crippen LogP contribution in [0.5, 0.6) is 0 Å². The second-order valence-electron chi connectivity index (χ2n) is 9.23. The molecule has 3 aromatic carbocycles. The lowest BCUT2D eigenvalue weighted by molar-refractivity contribution is -0.697. The molecule has 8 nitrogen and oxygen atoms in total. The highest BCUT2D eigenvalue weighted by Crippen LogP contribution is 2.24. The molecule has 1 heterocycles. The van der Waals surface area contributed by atoms with E-state index in [-0.39, 0.29) is 44.0 Å². The number of amides is 2. The highest BCUT2D eigenvalue weighted by Gasteiger charge is 2.19. The Hall–Kier alpha value is -4.15. The van der Waals surface area contributed by atoms with E-state index < -0.39 is 15.7 Å². The van der Waals surface area contributed by atoms with Gasteiger partial charge < -0.3 is 27.6 Å². The lowest BCUT2D eigenvalue weighted by Crippen LogP contribution is -3.00. The van der Waals surface area contributed by atoms with Crippen molar-refractivity contribution in [3.05, 3.63) is 115 Å². The molecule has 0 aliphatic rings. The molecule has 0 unspecified atom stereocenters. The Morgan fingerprint density at radius 1 is 0.683 bits per heavy atom. The van der Waals surface area contributed by atoms with E-state index in [0.29, 0.717) is 29.8 Å². The summed E-state index contributed by atoms with van der Waals surface area (Å²) in [6, 6.07) is 24.3. The Kier molecular flexibility index (Phi) is 11.1. The van der Waals surface area contributed by atoms with Crippen molar-refractivity contribution in [2.45, 2.75) is 42.5 Å². The molecular weight excluding hydrogens is 606 g/mol. The molecule has 0 atom stereocenters. The number of unbranched alkanes of at least 4 members (excludes halogenated alkanes) is 1. The van der Waals surface area contributed by atoms with E-state index in [0.717, 1.165) is 13.0 Å². The summed E-state index contributed by atoms with van der Waals surface area (Å²) in [5.41, 5.74) is 1.51. The summed E-state index contributed by atoms with van der Waals surface area (Å²) in [7, 11) is -3.80. The van der Waals surface area contributed by atoms with Gasteiger partial charge in [-0.3, -0.25) is 14.4 Å². The quantitative estimate of drug-likeness (QED) is 0.149. The van der Waals surface area contributed by atoms with E-state index in [1.54, 1.807) is 24.3 Å². The first-order valence-corrected chi connectivity index (χ1v) is 14.3. The Morgan fingerprint density at radius 3 is 1.78 bits per heavy atom. The van der Waals surface area contributed by atoms with Crippen LogP contribution in [-0.2, 0) is 21.2 Å². The molecule has 10 heteroatoms. The van der Waals surface area contributed by atoms with Crippen molar-refractivity contribution in [2.24, 2.45) is 0 Å². The lowest BCUT2D eigenvalue weighted by atomic mass is 9.99. The molecule has 1 aromatic heterocycles. The Bertz CT molecular complexity index is 1610. The number of hydrogen-bond acceptors (Lipinski definition) is 5. The molecule has 0 saturated carbocycles. The monoisotopic (exact) mass is 635 g/mol. The molecule has 0 aliphatic carbocycles. The van der Waals surface area contributed by atoms with Crippen LogP contribution in [0.25, 0.3) is 0 Å². The molecule has 4 aromatic rings. The number of nitrogens with one attached hydrogen (secondary N) is 2. The van der Waals surface area contributed by atoms with Crippen LogP contribution in [0.4, 0.5) is 11.4 Å². The minimum atomic E-state index is -3.80. The van der Waals surface area contributed by atoms with Crippen molar-refractivity contribution in [3.8, 4) is 0 Å². The van der Waals surface area contributed by atoms with Crippen LogP contribution < -0.4 is 32.2 Å². The van der Waals surface area contributed by atoms with Gasteiger partial charge in [0.25, 0.3) is 5.91 Å². The molecule has 0 aliphatic heterocycles. The molecule has 212 valence electrons. The van der Waals surface area contributed by atoms with E-state index in [4.69, 9.17) is 0 Å². The normalized spacial score (nSPS) is 10.8. The van der Waals surface area contributed by atoms with Gasteiger partial charge in [0, 0.05) is 48.8 Å². The fourth-order valence-corrected chi connectivity index (χ4v) is 5.46. The summed E-state index contributed by atoms with van der Waals surface area (Å²) in [6.45, 7) is 2.18. The number of carbonyl (C=O) groups is 3. The number of aromatic nitrogens is 1. The zero-order chi connectivity index (χ0) is 28.5. The van der Waals surface area contributed by atoms with Gasteiger partial charge in [0.2, 0.25) is 15.7 Å². The summed E-state index contributed by atoms with van der Waals surface area (Å²) < 4.78 is 28.1. The second kappa shape index (κ2) is 14.5. The molecule has 2 amide bonds. The Balaban J connectivity index is 0.00000462. The van der Waals surface area contributed by atoms with Crippen molar-refractivity contribution in [1.29, 1.82) is 0 Å². The lowest BCUT2D eigenvalue weighted by Gasteiger charge is -2.11. The molecule has 4 rings (SSSR count). The van der Waals surface area contributed by atoms with Crippen molar-refractivity contribution < 1.29 is 44.3 Å². The maximum atomic E-state index is 13.1. The number of ketones is 1. The maximum Gasteiger partial charge on any atom is 0.256 e. The van der Waals surface area contributed by atoms with E-state index in [1.807, 2.05) is 30.6 Å². The maximum absolute atomic E-state index is 13.1. The number of aryl methyl sites for hydroxylation is 1. The van der Waals surface area contributed by atoms with Gasteiger partial charge >= 0.3 is 0 Å². The first-order chi connectivity index (χ1) is 19.2. The number of carbonyl (C=O) groups excluding carboxylic acids is 3. The van der Waals surface area contributed by atoms with Gasteiger partial charge in [-0.2, -0.15) is 0 Å². The zero-order valence-corrected chi connectivity index (χ0v) is 24.8. The summed E-state index contributed by atoms with van der Waals surface area (Å²) in [5, 5.41) is 5.35. The van der Waals surface area contributed by atoms with Crippen LogP contribution in [0.3, 0.4) is 0 Å². The molecule has 41 heavy (non-hydrogen) atoms. The average Bonchev–Trinajstić information content (AvgIpc) is 2.96. The van der Waals surface area contributed by atoms with Gasteiger partial charge in [-0.05, 0) is 61.0 Å². The molecule has 0 radical (unpaired) electrons. The van der Waals surface area contributed by atoms with Gasteiger partial charge in [0.15, 0.2) is 18.2 Å². The fraction of sp³-hybridized carbons (Fsp3) is 0.161. The van der Waals surface area contributed by atoms with Crippen LogP contribution in [0, 0.1) is 0 Å². The summed E-state index contributed by atoms with van der Waals surface area (Å²) in [5.74, 6) is -0.805. The predicted molar refractivity (Wildman–Crippen MR) is 152 cm³/mol. The van der Waals surface area contributed by atoms with Gasteiger partial charge in [-0.15, -0.1) is 0 Å². The van der Waals surface area contributed by atoms with Crippen molar-refractivity contribution in [3.63, 3.8) is 0 Å². The molecule has 0 spiro atoms. The van der Waals surface area contributed by atoms with E-state index in [1.165, 1.54) is 55.5 Å². The number of Topliss-reactive ketones (excluding diaryl/α,β-unsaturated/α-hetero) is 1. The SMILES string of the molecule is CC(=O)Nc1ccc(S(=O)(=O)c2ccc(NC(=O)c3ccccc3C(=O)CCCC[n+]3ccccc3)cc2)cc1.[Br-]. The van der Waals surface area contributed by atoms with Crippen molar-refractivity contribution >= 4 is 38.8 Å². The first kappa shape index (κ1) is 31.4. The van der Waals surface area contributed by atoms with Gasteiger partial charge in [0.05, 0.1) is 15.4 Å². The molecular formula is C31H30BrN3O5S. The number of sulfone groups is 1. The van der Waals surface area contributed by atoms with E-state index in [2.05, 4.69) is 15.2 Å². The third kappa shape index (κ3) is 8.42. The number of halogens is 1. The van der Waals surface area contributed by atoms with Crippen LogP contribution in [0.1, 0.15) is 46.9 Å². The highest BCUT2D eigenvalue weighted by atomic mass is 79.9. The van der Waals surface area contributed by atoms with Crippen molar-refractivity contribution in [1.82, 2.24) is 0 Å². The molecule has 0 fully saturated rings. The minimum absolute atomic E-state index is 0. The highest BCUT2D eigenvalue weighted by molar-refractivity contribution is 7.91. The number of anilines is 2. The number of hydrogen-bond donors (Lipinski definition) is 2. The summed E-state index contributed by atoms with van der Waals surface area (Å²) in [4.78, 5) is 37.3. The fourth-order valence-electron chi connectivity index (χ4n) is 4.19. The third-order valence-electron chi connectivity index (χ3n) is 6.23. The first-order valence-electron chi connectivity index (χ1n) is 12.8. The number of nitrogens with zero attached hydrogens (tertiary/aromatic N) is 1. The van der Waals surface area contributed by atoms with E-state index >= 15 is 0 Å². The average molecular weight is 637 g/mol. The largest absolute Gasteiger partial charge is 1.00 e. The van der Waals surface area contributed by atoms with Gasteiger partial charge in [-0.1, -0.05) is 24.3 Å². The van der Waals surface area contributed by atoms with Gasteiger partial charge in [0.1, 0.15) is 6.54 Å². The minimum Gasteiger partial charge on any atom is -1.00 e. The van der Waals surface area contributed by atoms with Crippen LogP contribution in [-0.4, -0.2) is 26.0 Å². The predicted octanol–water partition coefficient (Wildman–Crippen LogP) is 2.07. The number of benzene rings is 3. The Labute approximate surface area is 250 Å². The Morgan fingerprint density at radius 2 is 1.22 bits per heavy atom. The molecule has 2 N–H and O–H groups in total. The smallest absolute Gasteiger partial charge is 0.256 e. The third-order valence-corrected chi connectivity index (χ3v) is 8.01. The van der Waals surface area contributed by atoms with Gasteiger partial charge in [-0.25, -0.2) is 13.0 Å². The van der Waals surface area contributed by atoms with E-state index in [9.17, 15) is 22.8 Å². The standard InChI is InChI=1S/C31H29N3O5S.BrH/c1-23(35)32-24-12-16-26(17-13-24)40(38,39)27-18-14-25(15-19-27)33-31(37)29-10-4-3-9-28(29)30(36)11-5-8-22-34-20-6-2-7-21-34;/h2-4,6-7,9-10,12-21H,5,8,11,22H2,1H3,(H-,32,33,35,37);1H. The number of pyridine rings is 1. The topological polar surface area (TPSA) is 113 Å². The number of rotatable bonds is 11. The molecule has 0 saturated heterocycles. The molecule has 0 bridgehead atoms. The van der Waals surface area contributed by atoms with Crippen LogP contribution in [0.2, 0.25) is 0 Å². The second-order valence-corrected chi connectivity index (χ2v) is 11.2. The van der Waals surface area contributed by atoms with Crippen LogP contribution in [0.15, 0.2) is 113 Å².